The van der Waals surface area contributed by atoms with E-state index in [2.05, 4.69) is 6.92 Å². The van der Waals surface area contributed by atoms with Crippen LogP contribution in [0.4, 0.5) is 0 Å². The second-order valence-corrected chi connectivity index (χ2v) is 2.95. The van der Waals surface area contributed by atoms with Crippen molar-refractivity contribution in [3.63, 3.8) is 0 Å². The summed E-state index contributed by atoms with van der Waals surface area (Å²) in [6.07, 6.45) is 2.64. The van der Waals surface area contributed by atoms with Crippen molar-refractivity contribution in [3.05, 3.63) is 0 Å². The van der Waals surface area contributed by atoms with Crippen LogP contribution < -0.4 is 0 Å². The van der Waals surface area contributed by atoms with Crippen LogP contribution >= 0.6 is 0 Å². The zero-order valence-corrected chi connectivity index (χ0v) is 6.75. The van der Waals surface area contributed by atoms with Gasteiger partial charge in [0.05, 0.1) is 0 Å². The molecular weight excluding hydrogens is 144 g/mol. The predicted octanol–water partition coefficient (Wildman–Crippen LogP) is 0.853. The van der Waals surface area contributed by atoms with Crippen LogP contribution in [0.15, 0.2) is 0 Å². The minimum Gasteiger partial charge on any atom is -0.460 e. The van der Waals surface area contributed by atoms with Gasteiger partial charge in [0, 0.05) is 6.42 Å². The first kappa shape index (κ1) is 8.53. The zero-order chi connectivity index (χ0) is 8.27. The second-order valence-electron chi connectivity index (χ2n) is 2.95. The maximum atomic E-state index is 10.7. The van der Waals surface area contributed by atoms with Crippen LogP contribution in [0.1, 0.15) is 32.6 Å². The third-order valence-corrected chi connectivity index (χ3v) is 1.92. The van der Waals surface area contributed by atoms with E-state index in [-0.39, 0.29) is 6.10 Å². The number of rotatable bonds is 3. The van der Waals surface area contributed by atoms with Crippen molar-refractivity contribution < 1.29 is 14.6 Å². The molecule has 0 unspecified atom stereocenters. The van der Waals surface area contributed by atoms with Gasteiger partial charge in [-0.3, -0.25) is 0 Å². The van der Waals surface area contributed by atoms with E-state index >= 15 is 0 Å². The minimum atomic E-state index is -0.864. The van der Waals surface area contributed by atoms with Crippen molar-refractivity contribution in [2.45, 2.75) is 44.8 Å². The molecule has 3 heteroatoms. The normalized spacial score (nSPS) is 30.5. The van der Waals surface area contributed by atoms with Gasteiger partial charge in [-0.15, -0.1) is 0 Å². The maximum absolute atomic E-state index is 10.7. The van der Waals surface area contributed by atoms with Gasteiger partial charge < -0.3 is 9.84 Å². The molecule has 0 amide bonds. The highest BCUT2D eigenvalue weighted by Crippen LogP contribution is 2.19. The summed E-state index contributed by atoms with van der Waals surface area (Å²) in [7, 11) is 0. The van der Waals surface area contributed by atoms with Crippen molar-refractivity contribution in [2.24, 2.45) is 0 Å². The molecule has 3 nitrogen and oxygen atoms in total. The average Bonchev–Trinajstić information content (AvgIpc) is 2.28. The quantitative estimate of drug-likeness (QED) is 0.619. The molecule has 1 heterocycles. The predicted molar refractivity (Wildman–Crippen MR) is 40.0 cm³/mol. The average molecular weight is 158 g/mol. The lowest BCUT2D eigenvalue weighted by molar-refractivity contribution is -0.147. The fourth-order valence-electron chi connectivity index (χ4n) is 1.24. The number of unbranched alkanes of at least 4 members (excludes halogenated alkanes) is 1. The van der Waals surface area contributed by atoms with Crippen LogP contribution in [0.25, 0.3) is 0 Å². The third kappa shape index (κ3) is 2.19. The fraction of sp³-hybridized carbons (Fsp3) is 0.875. The molecule has 0 spiro atoms. The fourth-order valence-corrected chi connectivity index (χ4v) is 1.24. The summed E-state index contributed by atoms with van der Waals surface area (Å²) in [6.45, 7) is 2.09. The molecule has 1 aliphatic heterocycles. The van der Waals surface area contributed by atoms with Crippen molar-refractivity contribution in [3.8, 4) is 0 Å². The van der Waals surface area contributed by atoms with Gasteiger partial charge in [0.15, 0.2) is 6.10 Å². The second kappa shape index (κ2) is 3.72. The smallest absolute Gasteiger partial charge is 0.335 e. The lowest BCUT2D eigenvalue weighted by atomic mass is 10.1. The Labute approximate surface area is 66.4 Å². The highest BCUT2D eigenvalue weighted by Gasteiger charge is 2.31. The van der Waals surface area contributed by atoms with Gasteiger partial charge in [-0.1, -0.05) is 19.8 Å². The molecular formula is C8H14O3. The van der Waals surface area contributed by atoms with Crippen molar-refractivity contribution in [2.75, 3.05) is 0 Å². The van der Waals surface area contributed by atoms with Gasteiger partial charge in [0.25, 0.3) is 0 Å². The molecule has 0 aliphatic carbocycles. The van der Waals surface area contributed by atoms with Gasteiger partial charge in [-0.05, 0) is 6.42 Å². The number of carbonyl (C=O) groups excluding carboxylic acids is 1. The number of cyclic esters (lactones) is 1. The molecule has 0 bridgehead atoms. The maximum Gasteiger partial charge on any atom is 0.335 e. The molecule has 1 N–H and O–H groups in total. The number of esters is 1. The molecule has 11 heavy (non-hydrogen) atoms. The van der Waals surface area contributed by atoms with Crippen molar-refractivity contribution >= 4 is 5.97 Å². The van der Waals surface area contributed by atoms with Crippen LogP contribution in [0, 0.1) is 0 Å². The Balaban J connectivity index is 2.24. The zero-order valence-electron chi connectivity index (χ0n) is 6.75. The summed E-state index contributed by atoms with van der Waals surface area (Å²) in [5.74, 6) is -0.453. The lowest BCUT2D eigenvalue weighted by Crippen LogP contribution is -2.11. The Hall–Kier alpha value is -0.570. The third-order valence-electron chi connectivity index (χ3n) is 1.92. The largest absolute Gasteiger partial charge is 0.460 e. The van der Waals surface area contributed by atoms with E-state index in [4.69, 9.17) is 9.84 Å². The first-order chi connectivity index (χ1) is 5.24. The number of hydrogen-bond donors (Lipinski definition) is 1. The van der Waals surface area contributed by atoms with Crippen LogP contribution in [0.2, 0.25) is 0 Å². The van der Waals surface area contributed by atoms with Crippen LogP contribution in [-0.4, -0.2) is 23.3 Å². The van der Waals surface area contributed by atoms with E-state index in [9.17, 15) is 4.79 Å². The van der Waals surface area contributed by atoms with Crippen molar-refractivity contribution in [1.82, 2.24) is 0 Å². The number of carbonyl (C=O) groups is 1. The van der Waals surface area contributed by atoms with E-state index in [0.717, 1.165) is 19.3 Å². The monoisotopic (exact) mass is 158 g/mol. The van der Waals surface area contributed by atoms with E-state index < -0.39 is 12.1 Å². The summed E-state index contributed by atoms with van der Waals surface area (Å²) < 4.78 is 4.89. The standard InChI is InChI=1S/C8H14O3/c1-2-3-4-6-5-7(9)8(10)11-6/h6-7,9H,2-5H2,1H3/t6-,7+/m0/s1. The first-order valence-corrected chi connectivity index (χ1v) is 4.12. The molecule has 1 rings (SSSR count). The molecule has 1 fully saturated rings. The van der Waals surface area contributed by atoms with E-state index in [1.54, 1.807) is 0 Å². The number of hydrogen-bond acceptors (Lipinski definition) is 3. The molecule has 1 saturated heterocycles. The van der Waals surface area contributed by atoms with Gasteiger partial charge in [0.2, 0.25) is 0 Å². The summed E-state index contributed by atoms with van der Waals surface area (Å²) in [5, 5.41) is 8.99. The van der Waals surface area contributed by atoms with Crippen LogP contribution in [-0.2, 0) is 9.53 Å². The number of aliphatic hydroxyl groups is 1. The minimum absolute atomic E-state index is 0.0301. The Morgan fingerprint density at radius 2 is 2.45 bits per heavy atom. The summed E-state index contributed by atoms with van der Waals surface area (Å²) >= 11 is 0. The van der Waals surface area contributed by atoms with Crippen LogP contribution in [0.3, 0.4) is 0 Å². The molecule has 0 saturated carbocycles. The van der Waals surface area contributed by atoms with Crippen LogP contribution in [0.5, 0.6) is 0 Å². The summed E-state index contributed by atoms with van der Waals surface area (Å²) in [6, 6.07) is 0. The highest BCUT2D eigenvalue weighted by atomic mass is 16.6. The Morgan fingerprint density at radius 3 is 2.91 bits per heavy atom. The SMILES string of the molecule is CCCC[C@H]1C[C@@H](O)C(=O)O1. The first-order valence-electron chi connectivity index (χ1n) is 4.12. The Kier molecular flexibility index (Phi) is 2.88. The molecule has 0 aromatic rings. The Morgan fingerprint density at radius 1 is 1.73 bits per heavy atom. The molecule has 64 valence electrons. The molecule has 0 radical (unpaired) electrons. The number of aliphatic hydroxyl groups excluding tert-OH is 1. The van der Waals surface area contributed by atoms with E-state index in [1.807, 2.05) is 0 Å². The van der Waals surface area contributed by atoms with Gasteiger partial charge in [-0.25, -0.2) is 4.79 Å². The van der Waals surface area contributed by atoms with E-state index in [0.29, 0.717) is 6.42 Å². The molecule has 2 atom stereocenters. The highest BCUT2D eigenvalue weighted by molar-refractivity contribution is 5.76. The molecule has 0 aromatic carbocycles. The van der Waals surface area contributed by atoms with Gasteiger partial charge in [-0.2, -0.15) is 0 Å². The molecule has 1 aliphatic rings. The topological polar surface area (TPSA) is 46.5 Å². The van der Waals surface area contributed by atoms with E-state index in [1.165, 1.54) is 0 Å². The van der Waals surface area contributed by atoms with Crippen molar-refractivity contribution in [1.29, 1.82) is 0 Å². The number of ether oxygens (including phenoxy) is 1. The Bertz CT molecular complexity index is 144. The van der Waals surface area contributed by atoms with Gasteiger partial charge >= 0.3 is 5.97 Å². The molecule has 0 aromatic heterocycles. The summed E-state index contributed by atoms with van der Waals surface area (Å²) in [4.78, 5) is 10.7. The summed E-state index contributed by atoms with van der Waals surface area (Å²) in [5.41, 5.74) is 0. The lowest BCUT2D eigenvalue weighted by Gasteiger charge is -2.05. The van der Waals surface area contributed by atoms with Gasteiger partial charge in [0.1, 0.15) is 6.10 Å².